The van der Waals surface area contributed by atoms with E-state index < -0.39 is 0 Å². The molecule has 0 aromatic heterocycles. The summed E-state index contributed by atoms with van der Waals surface area (Å²) in [6.07, 6.45) is 4.17. The van der Waals surface area contributed by atoms with Gasteiger partial charge in [-0.05, 0) is 44.4 Å². The first-order chi connectivity index (χ1) is 9.31. The van der Waals surface area contributed by atoms with Crippen LogP contribution in [0.1, 0.15) is 25.7 Å². The van der Waals surface area contributed by atoms with Crippen LogP contribution in [-0.4, -0.2) is 36.5 Å². The van der Waals surface area contributed by atoms with Gasteiger partial charge in [-0.3, -0.25) is 4.79 Å². The van der Waals surface area contributed by atoms with Gasteiger partial charge in [0.15, 0.2) is 6.61 Å². The Morgan fingerprint density at radius 1 is 1.37 bits per heavy atom. The highest BCUT2D eigenvalue weighted by Gasteiger charge is 2.28. The van der Waals surface area contributed by atoms with Gasteiger partial charge in [0.05, 0.1) is 0 Å². The third-order valence-electron chi connectivity index (χ3n) is 3.54. The van der Waals surface area contributed by atoms with Crippen molar-refractivity contribution >= 4 is 5.91 Å². The summed E-state index contributed by atoms with van der Waals surface area (Å²) in [7, 11) is 0. The Balaban J connectivity index is 1.82. The second-order valence-corrected chi connectivity index (χ2v) is 4.92. The van der Waals surface area contributed by atoms with E-state index in [2.05, 4.69) is 0 Å². The van der Waals surface area contributed by atoms with E-state index in [1.54, 1.807) is 0 Å². The van der Waals surface area contributed by atoms with Crippen LogP contribution in [0.15, 0.2) is 30.3 Å². The van der Waals surface area contributed by atoms with Crippen LogP contribution >= 0.6 is 0 Å². The largest absolute Gasteiger partial charge is 0.484 e. The Morgan fingerprint density at radius 2 is 2.16 bits per heavy atom. The lowest BCUT2D eigenvalue weighted by Gasteiger charge is -2.24. The van der Waals surface area contributed by atoms with Crippen molar-refractivity contribution in [3.63, 3.8) is 0 Å². The van der Waals surface area contributed by atoms with Gasteiger partial charge >= 0.3 is 0 Å². The van der Waals surface area contributed by atoms with Gasteiger partial charge in [0, 0.05) is 12.6 Å². The van der Waals surface area contributed by atoms with Crippen molar-refractivity contribution in [1.29, 1.82) is 0 Å². The molecule has 1 saturated heterocycles. The fourth-order valence-electron chi connectivity index (χ4n) is 2.56. The summed E-state index contributed by atoms with van der Waals surface area (Å²) in [6, 6.07) is 9.82. The van der Waals surface area contributed by atoms with E-state index in [4.69, 9.17) is 10.5 Å². The van der Waals surface area contributed by atoms with E-state index >= 15 is 0 Å². The van der Waals surface area contributed by atoms with E-state index in [0.717, 1.165) is 38.0 Å². The Hall–Kier alpha value is -1.55. The zero-order valence-electron chi connectivity index (χ0n) is 11.3. The summed E-state index contributed by atoms with van der Waals surface area (Å²) >= 11 is 0. The number of amides is 1. The molecule has 1 atom stereocenters. The summed E-state index contributed by atoms with van der Waals surface area (Å²) in [5.74, 6) is 0.830. The van der Waals surface area contributed by atoms with Crippen LogP contribution in [-0.2, 0) is 4.79 Å². The summed E-state index contributed by atoms with van der Waals surface area (Å²) in [6.45, 7) is 1.68. The zero-order valence-corrected chi connectivity index (χ0v) is 11.3. The van der Waals surface area contributed by atoms with Gasteiger partial charge in [-0.2, -0.15) is 0 Å². The molecule has 1 fully saturated rings. The quantitative estimate of drug-likeness (QED) is 0.850. The molecule has 4 heteroatoms. The van der Waals surface area contributed by atoms with E-state index in [0.29, 0.717) is 12.6 Å². The molecule has 0 bridgehead atoms. The molecule has 2 N–H and O–H groups in total. The maximum Gasteiger partial charge on any atom is 0.260 e. The van der Waals surface area contributed by atoms with E-state index in [9.17, 15) is 4.79 Å². The zero-order chi connectivity index (χ0) is 13.5. The van der Waals surface area contributed by atoms with Crippen LogP contribution in [0.5, 0.6) is 5.75 Å². The van der Waals surface area contributed by atoms with Crippen LogP contribution in [0.3, 0.4) is 0 Å². The Morgan fingerprint density at radius 3 is 2.89 bits per heavy atom. The number of rotatable bonds is 6. The van der Waals surface area contributed by atoms with Gasteiger partial charge in [0.2, 0.25) is 0 Å². The van der Waals surface area contributed by atoms with Crippen LogP contribution in [0.2, 0.25) is 0 Å². The third kappa shape index (κ3) is 3.96. The number of hydrogen-bond acceptors (Lipinski definition) is 3. The molecule has 1 heterocycles. The maximum absolute atomic E-state index is 12.2. The number of nitrogens with zero attached hydrogens (tertiary/aromatic N) is 1. The molecule has 1 aromatic rings. The smallest absolute Gasteiger partial charge is 0.260 e. The molecular formula is C15H22N2O2. The van der Waals surface area contributed by atoms with Gasteiger partial charge in [0.25, 0.3) is 5.91 Å². The molecule has 0 saturated carbocycles. The van der Waals surface area contributed by atoms with Crippen molar-refractivity contribution in [3.05, 3.63) is 30.3 Å². The number of likely N-dealkylation sites (tertiary alicyclic amines) is 1. The fourth-order valence-corrected chi connectivity index (χ4v) is 2.56. The number of para-hydroxylation sites is 1. The van der Waals surface area contributed by atoms with E-state index in [1.807, 2.05) is 35.2 Å². The lowest BCUT2D eigenvalue weighted by Crippen LogP contribution is -2.38. The summed E-state index contributed by atoms with van der Waals surface area (Å²) in [5.41, 5.74) is 5.53. The summed E-state index contributed by atoms with van der Waals surface area (Å²) in [5, 5.41) is 0. The average Bonchev–Trinajstić information content (AvgIpc) is 2.92. The number of hydrogen-bond donors (Lipinski definition) is 1. The Bertz CT molecular complexity index is 394. The van der Waals surface area contributed by atoms with Crippen LogP contribution in [0.4, 0.5) is 0 Å². The lowest BCUT2D eigenvalue weighted by atomic mass is 10.1. The predicted octanol–water partition coefficient (Wildman–Crippen LogP) is 1.80. The summed E-state index contributed by atoms with van der Waals surface area (Å²) < 4.78 is 5.52. The maximum atomic E-state index is 12.2. The normalized spacial score (nSPS) is 18.6. The summed E-state index contributed by atoms with van der Waals surface area (Å²) in [4.78, 5) is 14.1. The Labute approximate surface area is 114 Å². The van der Waals surface area contributed by atoms with Crippen molar-refractivity contribution in [1.82, 2.24) is 4.90 Å². The highest BCUT2D eigenvalue weighted by molar-refractivity contribution is 5.78. The second kappa shape index (κ2) is 7.14. The van der Waals surface area contributed by atoms with Crippen molar-refractivity contribution in [2.24, 2.45) is 5.73 Å². The first-order valence-electron chi connectivity index (χ1n) is 6.98. The predicted molar refractivity (Wildman–Crippen MR) is 75.0 cm³/mol. The molecule has 4 nitrogen and oxygen atoms in total. The van der Waals surface area contributed by atoms with Crippen LogP contribution < -0.4 is 10.5 Å². The van der Waals surface area contributed by atoms with E-state index in [1.165, 1.54) is 0 Å². The van der Waals surface area contributed by atoms with Crippen LogP contribution in [0.25, 0.3) is 0 Å². The molecule has 1 aromatic carbocycles. The molecule has 19 heavy (non-hydrogen) atoms. The minimum absolute atomic E-state index is 0.0865. The molecule has 0 spiro atoms. The number of carbonyl (C=O) groups is 1. The second-order valence-electron chi connectivity index (χ2n) is 4.92. The van der Waals surface area contributed by atoms with Crippen molar-refractivity contribution in [2.45, 2.75) is 31.7 Å². The average molecular weight is 262 g/mol. The van der Waals surface area contributed by atoms with Gasteiger partial charge in [-0.25, -0.2) is 0 Å². The standard InChI is InChI=1S/C15H22N2O2/c16-10-4-6-13-7-5-11-17(13)15(18)12-19-14-8-2-1-3-9-14/h1-3,8-9,13H,4-7,10-12,16H2. The highest BCUT2D eigenvalue weighted by Crippen LogP contribution is 2.21. The number of nitrogens with two attached hydrogens (primary N) is 1. The first kappa shape index (κ1) is 13.9. The van der Waals surface area contributed by atoms with Gasteiger partial charge < -0.3 is 15.4 Å². The van der Waals surface area contributed by atoms with Gasteiger partial charge in [-0.1, -0.05) is 18.2 Å². The van der Waals surface area contributed by atoms with Crippen molar-refractivity contribution in [2.75, 3.05) is 19.7 Å². The number of benzene rings is 1. The number of ether oxygens (including phenoxy) is 1. The molecule has 1 aliphatic heterocycles. The molecular weight excluding hydrogens is 240 g/mol. The van der Waals surface area contributed by atoms with Gasteiger partial charge in [0.1, 0.15) is 5.75 Å². The van der Waals surface area contributed by atoms with Gasteiger partial charge in [-0.15, -0.1) is 0 Å². The van der Waals surface area contributed by atoms with Crippen LogP contribution in [0, 0.1) is 0 Å². The molecule has 1 amide bonds. The number of carbonyl (C=O) groups excluding carboxylic acids is 1. The molecule has 0 radical (unpaired) electrons. The third-order valence-corrected chi connectivity index (χ3v) is 3.54. The molecule has 1 unspecified atom stereocenters. The van der Waals surface area contributed by atoms with E-state index in [-0.39, 0.29) is 12.5 Å². The first-order valence-corrected chi connectivity index (χ1v) is 6.98. The molecule has 1 aliphatic rings. The fraction of sp³-hybridized carbons (Fsp3) is 0.533. The SMILES string of the molecule is NCCCC1CCCN1C(=O)COc1ccccc1. The topological polar surface area (TPSA) is 55.6 Å². The molecule has 2 rings (SSSR count). The minimum atomic E-state index is 0.0865. The Kier molecular flexibility index (Phi) is 5.21. The monoisotopic (exact) mass is 262 g/mol. The van der Waals surface area contributed by atoms with Crippen molar-refractivity contribution in [3.8, 4) is 5.75 Å². The minimum Gasteiger partial charge on any atom is -0.484 e. The lowest BCUT2D eigenvalue weighted by molar-refractivity contribution is -0.134. The van der Waals surface area contributed by atoms with Crippen molar-refractivity contribution < 1.29 is 9.53 Å². The molecule has 104 valence electrons. The highest BCUT2D eigenvalue weighted by atomic mass is 16.5. The molecule has 0 aliphatic carbocycles.